The topological polar surface area (TPSA) is 64.0 Å². The molecule has 2 aromatic rings. The molecule has 3 rings (SSSR count). The normalized spacial score (nSPS) is 15.0. The summed E-state index contributed by atoms with van der Waals surface area (Å²) in [5.74, 6) is 0.461. The van der Waals surface area contributed by atoms with Gasteiger partial charge >= 0.3 is 0 Å². The highest BCUT2D eigenvalue weighted by Gasteiger charge is 2.29. The molecule has 0 spiro atoms. The third-order valence-electron chi connectivity index (χ3n) is 4.99. The minimum absolute atomic E-state index is 0.0656. The first-order chi connectivity index (χ1) is 11.9. The Morgan fingerprint density at radius 3 is 2.44 bits per heavy atom. The van der Waals surface area contributed by atoms with Crippen LogP contribution in [-0.4, -0.2) is 21.6 Å². The van der Waals surface area contributed by atoms with Crippen molar-refractivity contribution in [1.82, 2.24) is 9.78 Å². The van der Waals surface area contributed by atoms with E-state index in [9.17, 15) is 9.59 Å². The van der Waals surface area contributed by atoms with E-state index in [1.807, 2.05) is 13.8 Å². The third kappa shape index (κ3) is 3.50. The number of nitrogens with zero attached hydrogens (tertiary/aromatic N) is 2. The zero-order valence-electron chi connectivity index (χ0n) is 15.3. The Kier molecular flexibility index (Phi) is 4.75. The van der Waals surface area contributed by atoms with Crippen LogP contribution in [0.5, 0.6) is 0 Å². The highest BCUT2D eigenvalue weighted by Crippen LogP contribution is 2.30. The molecule has 1 N–H and O–H groups in total. The van der Waals surface area contributed by atoms with Gasteiger partial charge in [-0.2, -0.15) is 5.10 Å². The number of aromatic nitrogens is 2. The van der Waals surface area contributed by atoms with Gasteiger partial charge in [-0.3, -0.25) is 9.59 Å². The Labute approximate surface area is 148 Å². The zero-order chi connectivity index (χ0) is 18.1. The molecule has 1 aromatic carbocycles. The third-order valence-corrected chi connectivity index (χ3v) is 4.99. The molecule has 1 atom stereocenters. The highest BCUT2D eigenvalue weighted by atomic mass is 16.2. The van der Waals surface area contributed by atoms with Crippen molar-refractivity contribution in [2.45, 2.75) is 52.9 Å². The maximum absolute atomic E-state index is 12.8. The van der Waals surface area contributed by atoms with Crippen molar-refractivity contribution in [3.63, 3.8) is 0 Å². The van der Waals surface area contributed by atoms with Gasteiger partial charge < -0.3 is 5.32 Å². The van der Waals surface area contributed by atoms with Crippen LogP contribution in [0.1, 0.15) is 66.3 Å². The minimum atomic E-state index is -0.143. The molecule has 0 saturated heterocycles. The molecule has 0 aliphatic heterocycles. The molecular formula is C20H25N3O2. The van der Waals surface area contributed by atoms with Crippen LogP contribution >= 0.6 is 0 Å². The first-order valence-electron chi connectivity index (χ1n) is 8.94. The SMILES string of the molecule is CCC(C)c1c(C)nn(C(=O)c2ccc(NC(=O)C3CC3)cc2)c1C. The molecule has 1 fully saturated rings. The molecule has 132 valence electrons. The maximum Gasteiger partial charge on any atom is 0.278 e. The molecular weight excluding hydrogens is 314 g/mol. The summed E-state index contributed by atoms with van der Waals surface area (Å²) in [5.41, 5.74) is 4.26. The van der Waals surface area contributed by atoms with Gasteiger partial charge in [0.05, 0.1) is 5.69 Å². The van der Waals surface area contributed by atoms with Crippen LogP contribution in [-0.2, 0) is 4.79 Å². The zero-order valence-corrected chi connectivity index (χ0v) is 15.3. The number of rotatable bonds is 5. The van der Waals surface area contributed by atoms with Crippen molar-refractivity contribution in [1.29, 1.82) is 0 Å². The summed E-state index contributed by atoms with van der Waals surface area (Å²) in [4.78, 5) is 24.6. The first-order valence-corrected chi connectivity index (χ1v) is 8.94. The largest absolute Gasteiger partial charge is 0.326 e. The average molecular weight is 339 g/mol. The van der Waals surface area contributed by atoms with Crippen LogP contribution in [0.3, 0.4) is 0 Å². The number of hydrogen-bond acceptors (Lipinski definition) is 3. The van der Waals surface area contributed by atoms with Crippen LogP contribution in [0, 0.1) is 19.8 Å². The van der Waals surface area contributed by atoms with E-state index < -0.39 is 0 Å². The van der Waals surface area contributed by atoms with Gasteiger partial charge in [0, 0.05) is 22.9 Å². The number of carbonyl (C=O) groups excluding carboxylic acids is 2. The summed E-state index contributed by atoms with van der Waals surface area (Å²) in [6.07, 6.45) is 2.95. The number of aryl methyl sites for hydroxylation is 1. The van der Waals surface area contributed by atoms with Gasteiger partial charge in [-0.15, -0.1) is 0 Å². The van der Waals surface area contributed by atoms with Gasteiger partial charge in [-0.05, 0) is 68.9 Å². The van der Waals surface area contributed by atoms with E-state index in [-0.39, 0.29) is 17.7 Å². The molecule has 1 unspecified atom stereocenters. The Morgan fingerprint density at radius 1 is 1.24 bits per heavy atom. The first kappa shape index (κ1) is 17.4. The van der Waals surface area contributed by atoms with E-state index in [1.165, 1.54) is 4.68 Å². The molecule has 1 aromatic heterocycles. The maximum atomic E-state index is 12.8. The van der Waals surface area contributed by atoms with Crippen molar-refractivity contribution in [3.05, 3.63) is 46.8 Å². The summed E-state index contributed by atoms with van der Waals surface area (Å²) in [6.45, 7) is 8.19. The number of benzene rings is 1. The van der Waals surface area contributed by atoms with Crippen molar-refractivity contribution in [2.75, 3.05) is 5.32 Å². The summed E-state index contributed by atoms with van der Waals surface area (Å²) >= 11 is 0. The molecule has 1 saturated carbocycles. The van der Waals surface area contributed by atoms with Crippen LogP contribution in [0.15, 0.2) is 24.3 Å². The van der Waals surface area contributed by atoms with Gasteiger partial charge in [0.1, 0.15) is 0 Å². The Morgan fingerprint density at radius 2 is 1.88 bits per heavy atom. The van der Waals surface area contributed by atoms with Gasteiger partial charge in [-0.25, -0.2) is 4.68 Å². The minimum Gasteiger partial charge on any atom is -0.326 e. The molecule has 0 radical (unpaired) electrons. The molecule has 1 heterocycles. The molecule has 1 aliphatic rings. The van der Waals surface area contributed by atoms with Gasteiger partial charge in [0.25, 0.3) is 5.91 Å². The Balaban J connectivity index is 1.80. The molecule has 5 heteroatoms. The van der Waals surface area contributed by atoms with E-state index in [0.29, 0.717) is 11.5 Å². The fourth-order valence-electron chi connectivity index (χ4n) is 3.18. The van der Waals surface area contributed by atoms with Crippen molar-refractivity contribution in [2.24, 2.45) is 5.92 Å². The standard InChI is InChI=1S/C20H25N3O2/c1-5-12(2)18-13(3)22-23(14(18)4)20(25)16-8-10-17(11-9-16)21-19(24)15-6-7-15/h8-12,15H,5-7H2,1-4H3,(H,21,24). The van der Waals surface area contributed by atoms with E-state index in [4.69, 9.17) is 0 Å². The van der Waals surface area contributed by atoms with Gasteiger partial charge in [-0.1, -0.05) is 13.8 Å². The van der Waals surface area contributed by atoms with Crippen molar-refractivity contribution >= 4 is 17.5 Å². The Hall–Kier alpha value is -2.43. The number of carbonyl (C=O) groups is 2. The van der Waals surface area contributed by atoms with Crippen molar-refractivity contribution in [3.8, 4) is 0 Å². The second-order valence-electron chi connectivity index (χ2n) is 6.95. The summed E-state index contributed by atoms with van der Waals surface area (Å²) < 4.78 is 1.49. The summed E-state index contributed by atoms with van der Waals surface area (Å²) in [6, 6.07) is 7.03. The summed E-state index contributed by atoms with van der Waals surface area (Å²) in [5, 5.41) is 7.34. The van der Waals surface area contributed by atoms with E-state index in [0.717, 1.165) is 41.9 Å². The number of amides is 1. The molecule has 25 heavy (non-hydrogen) atoms. The second kappa shape index (κ2) is 6.82. The molecule has 5 nitrogen and oxygen atoms in total. The predicted octanol–water partition coefficient (Wildman–Crippen LogP) is 4.05. The lowest BCUT2D eigenvalue weighted by molar-refractivity contribution is -0.117. The quantitative estimate of drug-likeness (QED) is 0.894. The molecule has 0 bridgehead atoms. The van der Waals surface area contributed by atoms with E-state index in [1.54, 1.807) is 24.3 Å². The van der Waals surface area contributed by atoms with E-state index >= 15 is 0 Å². The second-order valence-corrected chi connectivity index (χ2v) is 6.95. The highest BCUT2D eigenvalue weighted by molar-refractivity contribution is 5.97. The monoisotopic (exact) mass is 339 g/mol. The lowest BCUT2D eigenvalue weighted by Crippen LogP contribution is -2.16. The molecule has 1 amide bonds. The number of anilines is 1. The van der Waals surface area contributed by atoms with Crippen LogP contribution < -0.4 is 5.32 Å². The average Bonchev–Trinajstić information content (AvgIpc) is 3.40. The van der Waals surface area contributed by atoms with Gasteiger partial charge in [0.15, 0.2) is 0 Å². The van der Waals surface area contributed by atoms with Crippen LogP contribution in [0.2, 0.25) is 0 Å². The fraction of sp³-hybridized carbons (Fsp3) is 0.450. The van der Waals surface area contributed by atoms with Crippen LogP contribution in [0.25, 0.3) is 0 Å². The fourth-order valence-corrected chi connectivity index (χ4v) is 3.18. The lowest BCUT2D eigenvalue weighted by Gasteiger charge is -2.10. The Bertz CT molecular complexity index is 801. The van der Waals surface area contributed by atoms with E-state index in [2.05, 4.69) is 24.3 Å². The number of nitrogens with one attached hydrogen (secondary N) is 1. The van der Waals surface area contributed by atoms with Crippen LogP contribution in [0.4, 0.5) is 5.69 Å². The number of hydrogen-bond donors (Lipinski definition) is 1. The summed E-state index contributed by atoms with van der Waals surface area (Å²) in [7, 11) is 0. The smallest absolute Gasteiger partial charge is 0.278 e. The predicted molar refractivity (Wildman–Crippen MR) is 97.9 cm³/mol. The molecule has 1 aliphatic carbocycles. The lowest BCUT2D eigenvalue weighted by atomic mass is 9.97. The van der Waals surface area contributed by atoms with Crippen molar-refractivity contribution < 1.29 is 9.59 Å². The van der Waals surface area contributed by atoms with Gasteiger partial charge in [0.2, 0.25) is 5.91 Å².